The first kappa shape index (κ1) is 22.8. The van der Waals surface area contributed by atoms with Crippen molar-refractivity contribution in [1.82, 2.24) is 5.32 Å². The van der Waals surface area contributed by atoms with Gasteiger partial charge in [-0.05, 0) is 42.5 Å². The number of benzene rings is 1. The number of dihydropyridines is 1. The first-order chi connectivity index (χ1) is 15.9. The molecule has 0 unspecified atom stereocenters. The lowest BCUT2D eigenvalue weighted by atomic mass is 9.68. The summed E-state index contributed by atoms with van der Waals surface area (Å²) in [6.07, 6.45) is 0.438. The number of carbonyl (C=O) groups excluding carboxylic acids is 3. The van der Waals surface area contributed by atoms with Crippen molar-refractivity contribution in [2.45, 2.75) is 25.2 Å². The van der Waals surface area contributed by atoms with Gasteiger partial charge in [0.1, 0.15) is 11.7 Å². The van der Waals surface area contributed by atoms with Crippen LogP contribution in [-0.2, 0) is 23.9 Å². The van der Waals surface area contributed by atoms with E-state index < -0.39 is 23.8 Å². The number of ether oxygens (including phenoxy) is 3. The van der Waals surface area contributed by atoms with E-state index in [1.807, 2.05) is 23.6 Å². The molecular formula is C25H25NO6S. The third-order valence-corrected chi connectivity index (χ3v) is 7.22. The number of allylic oxidation sites excluding steroid dienone is 3. The number of thiophene rings is 1. The van der Waals surface area contributed by atoms with Gasteiger partial charge in [-0.3, -0.25) is 9.59 Å². The lowest BCUT2D eigenvalue weighted by Crippen LogP contribution is -2.43. The molecule has 1 aromatic heterocycles. The minimum absolute atomic E-state index is 0.330. The van der Waals surface area contributed by atoms with Crippen LogP contribution in [0.5, 0.6) is 5.75 Å². The summed E-state index contributed by atoms with van der Waals surface area (Å²) in [6.45, 7) is 1.79. The maximum atomic E-state index is 14.0. The number of hydrogen-bond donors (Lipinski definition) is 1. The first-order valence-corrected chi connectivity index (χ1v) is 11.4. The van der Waals surface area contributed by atoms with Crippen LogP contribution in [0.1, 0.15) is 35.6 Å². The number of Topliss-reactive ketones (excluding diaryl/α,β-unsaturated/α-hetero) is 1. The highest BCUT2D eigenvalue weighted by atomic mass is 32.1. The minimum Gasteiger partial charge on any atom is -0.497 e. The molecule has 0 fully saturated rings. The summed E-state index contributed by atoms with van der Waals surface area (Å²) in [6, 6.07) is 11.1. The van der Waals surface area contributed by atoms with Crippen molar-refractivity contribution in [3.8, 4) is 5.75 Å². The van der Waals surface area contributed by atoms with Gasteiger partial charge in [0.2, 0.25) is 0 Å². The SMILES string of the molecule is COC(=O)C1=C(C)NC2=C(C(=O)[C@@H](C(=O)OC)[C@H](c3cccs3)C2)[C@@H]1c1cccc(OC)c1. The summed E-state index contributed by atoms with van der Waals surface area (Å²) in [7, 11) is 4.15. The summed E-state index contributed by atoms with van der Waals surface area (Å²) < 4.78 is 15.5. The fraction of sp³-hybridized carbons (Fsp3) is 0.320. The number of nitrogens with one attached hydrogen (secondary N) is 1. The summed E-state index contributed by atoms with van der Waals surface area (Å²) in [5.41, 5.74) is 2.74. The highest BCUT2D eigenvalue weighted by Crippen LogP contribution is 2.49. The highest BCUT2D eigenvalue weighted by Gasteiger charge is 2.49. The fourth-order valence-corrected chi connectivity index (χ4v) is 5.60. The normalized spacial score (nSPS) is 22.4. The van der Waals surface area contributed by atoms with Crippen molar-refractivity contribution < 1.29 is 28.6 Å². The number of methoxy groups -OCH3 is 3. The molecule has 0 amide bonds. The topological polar surface area (TPSA) is 90.9 Å². The van der Waals surface area contributed by atoms with Crippen LogP contribution < -0.4 is 10.1 Å². The Bertz CT molecular complexity index is 1160. The maximum Gasteiger partial charge on any atom is 0.336 e. The van der Waals surface area contributed by atoms with Crippen molar-refractivity contribution in [3.05, 3.63) is 74.8 Å². The van der Waals surface area contributed by atoms with E-state index in [9.17, 15) is 14.4 Å². The number of esters is 2. The second kappa shape index (κ2) is 9.23. The Morgan fingerprint density at radius 3 is 2.52 bits per heavy atom. The molecule has 172 valence electrons. The molecule has 3 atom stereocenters. The van der Waals surface area contributed by atoms with E-state index in [0.717, 1.165) is 4.88 Å². The molecule has 2 aromatic rings. The first-order valence-electron chi connectivity index (χ1n) is 10.5. The van der Waals surface area contributed by atoms with E-state index in [0.29, 0.717) is 40.3 Å². The zero-order valence-electron chi connectivity index (χ0n) is 18.8. The van der Waals surface area contributed by atoms with Crippen LogP contribution in [-0.4, -0.2) is 39.1 Å². The Balaban J connectivity index is 1.92. The van der Waals surface area contributed by atoms with E-state index in [4.69, 9.17) is 14.2 Å². The van der Waals surface area contributed by atoms with Crippen LogP contribution in [0.2, 0.25) is 0 Å². The van der Waals surface area contributed by atoms with Crippen LogP contribution in [0.3, 0.4) is 0 Å². The van der Waals surface area contributed by atoms with Gasteiger partial charge < -0.3 is 19.5 Å². The number of ketones is 1. The Kier molecular flexibility index (Phi) is 6.37. The van der Waals surface area contributed by atoms with Crippen LogP contribution in [0.4, 0.5) is 0 Å². The number of rotatable bonds is 5. The molecule has 0 spiro atoms. The molecule has 1 aromatic carbocycles. The van der Waals surface area contributed by atoms with Crippen LogP contribution in [0, 0.1) is 5.92 Å². The number of carbonyl (C=O) groups is 3. The molecule has 1 N–H and O–H groups in total. The predicted octanol–water partition coefficient (Wildman–Crippen LogP) is 3.69. The summed E-state index contributed by atoms with van der Waals surface area (Å²) >= 11 is 1.50. The van der Waals surface area contributed by atoms with Crippen LogP contribution in [0.15, 0.2) is 64.3 Å². The standard InChI is InChI=1S/C25H25NO6S/c1-13-19(24(28)31-3)20(14-7-5-8-15(11-14)30-2)22-17(26-13)12-16(18-9-6-10-33-18)21(23(22)27)25(29)32-4/h5-11,16,20-21,26H,12H2,1-4H3/t16-,20+,21-/m0/s1. The Morgan fingerprint density at radius 1 is 1.09 bits per heavy atom. The van der Waals surface area contributed by atoms with Gasteiger partial charge in [-0.25, -0.2) is 4.79 Å². The molecular weight excluding hydrogens is 442 g/mol. The Labute approximate surface area is 196 Å². The largest absolute Gasteiger partial charge is 0.497 e. The third-order valence-electron chi connectivity index (χ3n) is 6.22. The summed E-state index contributed by atoms with van der Waals surface area (Å²) in [4.78, 5) is 40.6. The predicted molar refractivity (Wildman–Crippen MR) is 123 cm³/mol. The third kappa shape index (κ3) is 3.95. The molecule has 33 heavy (non-hydrogen) atoms. The second-order valence-electron chi connectivity index (χ2n) is 7.95. The molecule has 8 heteroatoms. The highest BCUT2D eigenvalue weighted by molar-refractivity contribution is 7.10. The van der Waals surface area contributed by atoms with Gasteiger partial charge >= 0.3 is 11.9 Å². The average molecular weight is 468 g/mol. The maximum absolute atomic E-state index is 14.0. The monoisotopic (exact) mass is 467 g/mol. The average Bonchev–Trinajstić information content (AvgIpc) is 3.37. The lowest BCUT2D eigenvalue weighted by Gasteiger charge is -2.39. The molecule has 7 nitrogen and oxygen atoms in total. The molecule has 2 heterocycles. The quantitative estimate of drug-likeness (QED) is 0.530. The fourth-order valence-electron chi connectivity index (χ4n) is 4.74. The molecule has 2 aliphatic rings. The van der Waals surface area contributed by atoms with Gasteiger partial charge in [0.25, 0.3) is 0 Å². The van der Waals surface area contributed by atoms with Gasteiger partial charge in [0, 0.05) is 33.7 Å². The zero-order chi connectivity index (χ0) is 23.7. The zero-order valence-corrected chi connectivity index (χ0v) is 19.7. The van der Waals surface area contributed by atoms with E-state index >= 15 is 0 Å². The van der Waals surface area contributed by atoms with Gasteiger partial charge in [-0.1, -0.05) is 18.2 Å². The van der Waals surface area contributed by atoms with Gasteiger partial charge in [-0.15, -0.1) is 11.3 Å². The number of hydrogen-bond acceptors (Lipinski definition) is 8. The van der Waals surface area contributed by atoms with Crippen molar-refractivity contribution in [3.63, 3.8) is 0 Å². The Morgan fingerprint density at radius 2 is 1.88 bits per heavy atom. The van der Waals surface area contributed by atoms with E-state index in [1.54, 1.807) is 32.2 Å². The smallest absolute Gasteiger partial charge is 0.336 e. The van der Waals surface area contributed by atoms with E-state index in [1.165, 1.54) is 25.6 Å². The van der Waals surface area contributed by atoms with E-state index in [2.05, 4.69) is 5.32 Å². The van der Waals surface area contributed by atoms with E-state index in [-0.39, 0.29) is 11.7 Å². The molecule has 0 bridgehead atoms. The second-order valence-corrected chi connectivity index (χ2v) is 8.93. The van der Waals surface area contributed by atoms with Crippen molar-refractivity contribution >= 4 is 29.1 Å². The molecule has 1 aliphatic carbocycles. The van der Waals surface area contributed by atoms with Gasteiger partial charge in [-0.2, -0.15) is 0 Å². The molecule has 0 saturated carbocycles. The summed E-state index contributed by atoms with van der Waals surface area (Å²) in [5.74, 6) is -2.93. The molecule has 0 saturated heterocycles. The molecule has 4 rings (SSSR count). The van der Waals surface area contributed by atoms with Crippen molar-refractivity contribution in [2.75, 3.05) is 21.3 Å². The van der Waals surface area contributed by atoms with Gasteiger partial charge in [0.15, 0.2) is 5.78 Å². The Hall–Kier alpha value is -3.39. The van der Waals surface area contributed by atoms with Crippen LogP contribution in [0.25, 0.3) is 0 Å². The van der Waals surface area contributed by atoms with Crippen molar-refractivity contribution in [1.29, 1.82) is 0 Å². The molecule has 1 aliphatic heterocycles. The lowest BCUT2D eigenvalue weighted by molar-refractivity contribution is -0.149. The minimum atomic E-state index is -1.00. The molecule has 0 radical (unpaired) electrons. The van der Waals surface area contributed by atoms with Gasteiger partial charge in [0.05, 0.1) is 26.9 Å². The van der Waals surface area contributed by atoms with Crippen LogP contribution >= 0.6 is 11.3 Å². The van der Waals surface area contributed by atoms with Crippen molar-refractivity contribution in [2.24, 2.45) is 5.92 Å². The summed E-state index contributed by atoms with van der Waals surface area (Å²) in [5, 5.41) is 5.19.